The number of benzene rings is 1. The lowest BCUT2D eigenvalue weighted by Gasteiger charge is -2.27. The van der Waals surface area contributed by atoms with Gasteiger partial charge in [-0.05, 0) is 36.4 Å². The first-order chi connectivity index (χ1) is 14.8. The van der Waals surface area contributed by atoms with Crippen LogP contribution in [-0.4, -0.2) is 55.3 Å². The molecule has 1 fully saturated rings. The fraction of sp³-hybridized carbons (Fsp3) is 0.261. The van der Waals surface area contributed by atoms with Crippen LogP contribution in [-0.2, 0) is 4.74 Å². The molecule has 30 heavy (non-hydrogen) atoms. The number of hydrogen-bond donors (Lipinski definition) is 1. The standard InChI is InChI=1S/C23H24N4O3/c28-23(24-11-14-30-19-5-2-1-3-6-19)21-8-4-7-20(26-21)18-9-10-22(25-17-18)27-12-15-29-16-13-27/h1-10,17H,11-16H2,(H,24,28). The minimum absolute atomic E-state index is 0.230. The average Bonchev–Trinajstić information content (AvgIpc) is 2.83. The Morgan fingerprint density at radius 2 is 1.87 bits per heavy atom. The number of para-hydroxylation sites is 1. The molecule has 7 heteroatoms. The van der Waals surface area contributed by atoms with Gasteiger partial charge in [0.25, 0.3) is 5.91 Å². The highest BCUT2D eigenvalue weighted by Crippen LogP contribution is 2.20. The molecule has 1 aliphatic rings. The molecule has 7 nitrogen and oxygen atoms in total. The van der Waals surface area contributed by atoms with Crippen molar-refractivity contribution in [1.82, 2.24) is 15.3 Å². The molecular formula is C23H24N4O3. The number of ether oxygens (including phenoxy) is 2. The Bertz CT molecular complexity index is 958. The summed E-state index contributed by atoms with van der Waals surface area (Å²) in [6.07, 6.45) is 1.79. The van der Waals surface area contributed by atoms with E-state index in [0.29, 0.717) is 24.5 Å². The molecule has 154 valence electrons. The first-order valence-corrected chi connectivity index (χ1v) is 10.0. The molecule has 1 saturated heterocycles. The largest absolute Gasteiger partial charge is 0.492 e. The van der Waals surface area contributed by atoms with Gasteiger partial charge in [-0.25, -0.2) is 9.97 Å². The number of pyridine rings is 2. The lowest BCUT2D eigenvalue weighted by atomic mass is 10.1. The number of morpholine rings is 1. The minimum Gasteiger partial charge on any atom is -0.492 e. The van der Waals surface area contributed by atoms with Crippen LogP contribution in [0.3, 0.4) is 0 Å². The van der Waals surface area contributed by atoms with Gasteiger partial charge < -0.3 is 19.7 Å². The van der Waals surface area contributed by atoms with Gasteiger partial charge in [0.2, 0.25) is 0 Å². The van der Waals surface area contributed by atoms with E-state index >= 15 is 0 Å². The number of aromatic nitrogens is 2. The maximum Gasteiger partial charge on any atom is 0.270 e. The van der Waals surface area contributed by atoms with Crippen LogP contribution in [0.15, 0.2) is 66.9 Å². The molecule has 0 radical (unpaired) electrons. The number of nitrogens with one attached hydrogen (secondary N) is 1. The third kappa shape index (κ3) is 5.12. The van der Waals surface area contributed by atoms with Gasteiger partial charge in [-0.2, -0.15) is 0 Å². The number of carbonyl (C=O) groups is 1. The topological polar surface area (TPSA) is 76.6 Å². The van der Waals surface area contributed by atoms with Gasteiger partial charge >= 0.3 is 0 Å². The zero-order valence-corrected chi connectivity index (χ0v) is 16.7. The van der Waals surface area contributed by atoms with Crippen molar-refractivity contribution in [1.29, 1.82) is 0 Å². The van der Waals surface area contributed by atoms with E-state index in [1.807, 2.05) is 54.6 Å². The molecular weight excluding hydrogens is 380 g/mol. The van der Waals surface area contributed by atoms with Gasteiger partial charge in [-0.15, -0.1) is 0 Å². The molecule has 1 amide bonds. The highest BCUT2D eigenvalue weighted by Gasteiger charge is 2.13. The number of amides is 1. The Hall–Kier alpha value is -3.45. The van der Waals surface area contributed by atoms with Gasteiger partial charge in [0, 0.05) is 24.8 Å². The lowest BCUT2D eigenvalue weighted by Crippen LogP contribution is -2.36. The van der Waals surface area contributed by atoms with E-state index in [2.05, 4.69) is 20.2 Å². The Balaban J connectivity index is 1.34. The zero-order chi connectivity index (χ0) is 20.6. The van der Waals surface area contributed by atoms with Crippen molar-refractivity contribution in [3.05, 3.63) is 72.6 Å². The van der Waals surface area contributed by atoms with Crippen molar-refractivity contribution in [3.8, 4) is 17.0 Å². The predicted octanol–water partition coefficient (Wildman–Crippen LogP) is 2.79. The molecule has 4 rings (SSSR count). The third-order valence-corrected chi connectivity index (χ3v) is 4.76. The van der Waals surface area contributed by atoms with Crippen molar-refractivity contribution in [2.24, 2.45) is 0 Å². The highest BCUT2D eigenvalue weighted by molar-refractivity contribution is 5.92. The molecule has 0 bridgehead atoms. The van der Waals surface area contributed by atoms with Crippen LogP contribution in [0.2, 0.25) is 0 Å². The number of hydrogen-bond acceptors (Lipinski definition) is 6. The molecule has 0 spiro atoms. The normalized spacial score (nSPS) is 13.7. The van der Waals surface area contributed by atoms with Gasteiger partial charge in [0.1, 0.15) is 23.9 Å². The van der Waals surface area contributed by atoms with Crippen LogP contribution in [0.1, 0.15) is 10.5 Å². The molecule has 2 aromatic heterocycles. The summed E-state index contributed by atoms with van der Waals surface area (Å²) >= 11 is 0. The van der Waals surface area contributed by atoms with Gasteiger partial charge in [0.05, 0.1) is 25.5 Å². The second kappa shape index (κ2) is 9.84. The summed E-state index contributed by atoms with van der Waals surface area (Å²) in [6.45, 7) is 3.91. The van der Waals surface area contributed by atoms with E-state index in [-0.39, 0.29) is 5.91 Å². The Labute approximate surface area is 175 Å². The summed E-state index contributed by atoms with van der Waals surface area (Å²) < 4.78 is 11.0. The molecule has 0 atom stereocenters. The first kappa shape index (κ1) is 19.8. The summed E-state index contributed by atoms with van der Waals surface area (Å²) in [7, 11) is 0. The molecule has 0 saturated carbocycles. The molecule has 3 aromatic rings. The maximum atomic E-state index is 12.4. The second-order valence-electron chi connectivity index (χ2n) is 6.83. The second-order valence-corrected chi connectivity index (χ2v) is 6.83. The summed E-state index contributed by atoms with van der Waals surface area (Å²) in [5.74, 6) is 1.47. The summed E-state index contributed by atoms with van der Waals surface area (Å²) in [6, 6.07) is 18.9. The Morgan fingerprint density at radius 1 is 1.03 bits per heavy atom. The van der Waals surface area contributed by atoms with E-state index in [4.69, 9.17) is 9.47 Å². The van der Waals surface area contributed by atoms with Crippen LogP contribution in [0.25, 0.3) is 11.3 Å². The number of carbonyl (C=O) groups excluding carboxylic acids is 1. The van der Waals surface area contributed by atoms with Crippen molar-refractivity contribution in [3.63, 3.8) is 0 Å². The van der Waals surface area contributed by atoms with Crippen molar-refractivity contribution in [2.75, 3.05) is 44.4 Å². The van der Waals surface area contributed by atoms with Crippen LogP contribution < -0.4 is 15.0 Å². The van der Waals surface area contributed by atoms with Gasteiger partial charge in [-0.1, -0.05) is 24.3 Å². The van der Waals surface area contributed by atoms with E-state index in [1.54, 1.807) is 12.3 Å². The molecule has 0 aliphatic carbocycles. The van der Waals surface area contributed by atoms with E-state index < -0.39 is 0 Å². The van der Waals surface area contributed by atoms with Crippen LogP contribution >= 0.6 is 0 Å². The maximum absolute atomic E-state index is 12.4. The molecule has 1 N–H and O–H groups in total. The summed E-state index contributed by atoms with van der Waals surface area (Å²) in [5.41, 5.74) is 1.95. The monoisotopic (exact) mass is 404 g/mol. The van der Waals surface area contributed by atoms with E-state index in [1.165, 1.54) is 0 Å². The number of nitrogens with zero attached hydrogens (tertiary/aromatic N) is 3. The first-order valence-electron chi connectivity index (χ1n) is 10.0. The fourth-order valence-corrected chi connectivity index (χ4v) is 3.18. The Kier molecular flexibility index (Phi) is 6.51. The minimum atomic E-state index is -0.230. The number of rotatable bonds is 7. The smallest absolute Gasteiger partial charge is 0.270 e. The Morgan fingerprint density at radius 3 is 2.63 bits per heavy atom. The van der Waals surface area contributed by atoms with Crippen LogP contribution in [0, 0.1) is 0 Å². The fourth-order valence-electron chi connectivity index (χ4n) is 3.18. The van der Waals surface area contributed by atoms with Crippen LogP contribution in [0.4, 0.5) is 5.82 Å². The predicted molar refractivity (Wildman–Crippen MR) is 115 cm³/mol. The number of anilines is 1. The van der Waals surface area contributed by atoms with Gasteiger partial charge in [0.15, 0.2) is 0 Å². The van der Waals surface area contributed by atoms with E-state index in [0.717, 1.165) is 43.4 Å². The SMILES string of the molecule is O=C(NCCOc1ccccc1)c1cccc(-c2ccc(N3CCOCC3)nc2)n1. The molecule has 1 aliphatic heterocycles. The van der Waals surface area contributed by atoms with E-state index in [9.17, 15) is 4.79 Å². The lowest BCUT2D eigenvalue weighted by molar-refractivity contribution is 0.0942. The molecule has 1 aromatic carbocycles. The third-order valence-electron chi connectivity index (χ3n) is 4.76. The molecule has 3 heterocycles. The highest BCUT2D eigenvalue weighted by atomic mass is 16.5. The summed E-state index contributed by atoms with van der Waals surface area (Å²) in [4.78, 5) is 23.7. The summed E-state index contributed by atoms with van der Waals surface area (Å²) in [5, 5.41) is 2.84. The zero-order valence-electron chi connectivity index (χ0n) is 16.7. The average molecular weight is 404 g/mol. The molecule has 0 unspecified atom stereocenters. The van der Waals surface area contributed by atoms with Crippen molar-refractivity contribution >= 4 is 11.7 Å². The quantitative estimate of drug-likeness (QED) is 0.611. The van der Waals surface area contributed by atoms with Gasteiger partial charge in [-0.3, -0.25) is 4.79 Å². The van der Waals surface area contributed by atoms with Crippen molar-refractivity contribution < 1.29 is 14.3 Å². The van der Waals surface area contributed by atoms with Crippen LogP contribution in [0.5, 0.6) is 5.75 Å². The van der Waals surface area contributed by atoms with Crippen molar-refractivity contribution in [2.45, 2.75) is 0 Å².